The molecule has 1 aromatic rings. The number of methoxy groups -OCH3 is 1. The highest BCUT2D eigenvalue weighted by molar-refractivity contribution is 5.85. The highest BCUT2D eigenvalue weighted by Gasteiger charge is 2.40. The van der Waals surface area contributed by atoms with Crippen molar-refractivity contribution < 1.29 is 14.3 Å². The maximum atomic E-state index is 12.4. The quantitative estimate of drug-likeness (QED) is 0.849. The molecule has 21 heavy (non-hydrogen) atoms. The summed E-state index contributed by atoms with van der Waals surface area (Å²) in [6, 6.07) is 7.94. The molecule has 2 rings (SSSR count). The van der Waals surface area contributed by atoms with E-state index in [1.54, 1.807) is 7.11 Å². The third-order valence-corrected chi connectivity index (χ3v) is 3.95. The first-order valence-electron chi connectivity index (χ1n) is 7.21. The van der Waals surface area contributed by atoms with E-state index in [-0.39, 0.29) is 18.4 Å². The molecule has 0 atom stereocenters. The Kier molecular flexibility index (Phi) is 6.99. The Morgan fingerprint density at radius 3 is 2.67 bits per heavy atom. The van der Waals surface area contributed by atoms with E-state index in [0.717, 1.165) is 37.2 Å². The van der Waals surface area contributed by atoms with E-state index in [1.807, 2.05) is 31.2 Å². The van der Waals surface area contributed by atoms with Gasteiger partial charge in [0.2, 0.25) is 0 Å². The van der Waals surface area contributed by atoms with Crippen molar-refractivity contribution in [3.05, 3.63) is 29.8 Å². The predicted molar refractivity (Wildman–Crippen MR) is 85.1 cm³/mol. The van der Waals surface area contributed by atoms with Crippen molar-refractivity contribution in [1.29, 1.82) is 0 Å². The number of carbonyl (C=O) groups excluding carboxylic acids is 1. The number of ether oxygens (including phenoxy) is 2. The second-order valence-electron chi connectivity index (χ2n) is 5.28. The number of piperidine rings is 1. The van der Waals surface area contributed by atoms with Gasteiger partial charge in [0.25, 0.3) is 0 Å². The Balaban J connectivity index is 0.00000220. The molecule has 0 bridgehead atoms. The minimum absolute atomic E-state index is 0. The number of carbonyl (C=O) groups is 1. The molecule has 118 valence electrons. The number of halogens is 1. The molecule has 0 saturated carbocycles. The summed E-state index contributed by atoms with van der Waals surface area (Å²) in [6.45, 7) is 4.02. The predicted octanol–water partition coefficient (Wildman–Crippen LogP) is 2.59. The second kappa shape index (κ2) is 8.25. The highest BCUT2D eigenvalue weighted by atomic mass is 35.5. The van der Waals surface area contributed by atoms with Gasteiger partial charge in [-0.25, -0.2) is 0 Å². The zero-order valence-electron chi connectivity index (χ0n) is 12.7. The Hall–Kier alpha value is -1.26. The lowest BCUT2D eigenvalue weighted by molar-refractivity contribution is -0.157. The van der Waals surface area contributed by atoms with Gasteiger partial charge in [-0.15, -0.1) is 12.4 Å². The Morgan fingerprint density at radius 1 is 1.33 bits per heavy atom. The zero-order valence-corrected chi connectivity index (χ0v) is 13.5. The largest absolute Gasteiger partial charge is 0.497 e. The summed E-state index contributed by atoms with van der Waals surface area (Å²) in [4.78, 5) is 12.4. The third kappa shape index (κ3) is 4.35. The smallest absolute Gasteiger partial charge is 0.312 e. The molecule has 1 aromatic carbocycles. The molecule has 0 spiro atoms. The molecule has 0 aliphatic carbocycles. The van der Waals surface area contributed by atoms with E-state index < -0.39 is 5.41 Å². The number of rotatable bonds is 5. The van der Waals surface area contributed by atoms with Crippen LogP contribution in [0.4, 0.5) is 0 Å². The molecule has 0 amide bonds. The van der Waals surface area contributed by atoms with Crippen LogP contribution < -0.4 is 10.1 Å². The van der Waals surface area contributed by atoms with Gasteiger partial charge >= 0.3 is 5.97 Å². The van der Waals surface area contributed by atoms with Crippen molar-refractivity contribution in [2.75, 3.05) is 26.8 Å². The molecule has 0 unspecified atom stereocenters. The van der Waals surface area contributed by atoms with E-state index in [0.29, 0.717) is 13.0 Å². The van der Waals surface area contributed by atoms with Crippen LogP contribution in [0.25, 0.3) is 0 Å². The van der Waals surface area contributed by atoms with E-state index in [9.17, 15) is 4.79 Å². The Bertz CT molecular complexity index is 459. The summed E-state index contributed by atoms with van der Waals surface area (Å²) in [6.07, 6.45) is 2.36. The maximum absolute atomic E-state index is 12.4. The summed E-state index contributed by atoms with van der Waals surface area (Å²) < 4.78 is 10.6. The van der Waals surface area contributed by atoms with Crippen molar-refractivity contribution in [2.45, 2.75) is 26.2 Å². The van der Waals surface area contributed by atoms with E-state index in [2.05, 4.69) is 5.32 Å². The van der Waals surface area contributed by atoms with Crippen LogP contribution in [0.1, 0.15) is 25.3 Å². The fourth-order valence-electron chi connectivity index (χ4n) is 2.82. The van der Waals surface area contributed by atoms with Gasteiger partial charge in [0, 0.05) is 0 Å². The first-order valence-corrected chi connectivity index (χ1v) is 7.21. The Morgan fingerprint density at radius 2 is 2.05 bits per heavy atom. The molecule has 1 fully saturated rings. The van der Waals surface area contributed by atoms with Crippen LogP contribution in [0, 0.1) is 5.41 Å². The van der Waals surface area contributed by atoms with E-state index >= 15 is 0 Å². The molecule has 1 aliphatic rings. The summed E-state index contributed by atoms with van der Waals surface area (Å²) in [5, 5.41) is 3.31. The molecule has 0 aromatic heterocycles. The van der Waals surface area contributed by atoms with Crippen LogP contribution in [-0.4, -0.2) is 32.8 Å². The van der Waals surface area contributed by atoms with E-state index in [1.165, 1.54) is 0 Å². The molecule has 1 N–H and O–H groups in total. The average Bonchev–Trinajstić information content (AvgIpc) is 2.48. The van der Waals surface area contributed by atoms with Gasteiger partial charge in [0.15, 0.2) is 0 Å². The molecule has 1 aliphatic heterocycles. The van der Waals surface area contributed by atoms with Gasteiger partial charge in [-0.1, -0.05) is 12.1 Å². The first kappa shape index (κ1) is 17.8. The second-order valence-corrected chi connectivity index (χ2v) is 5.28. The van der Waals surface area contributed by atoms with Crippen molar-refractivity contribution in [3.63, 3.8) is 0 Å². The summed E-state index contributed by atoms with van der Waals surface area (Å²) in [5.74, 6) is 0.764. The molecular formula is C16H24ClNO3. The number of nitrogens with one attached hydrogen (secondary N) is 1. The van der Waals surface area contributed by atoms with Gasteiger partial charge in [-0.05, 0) is 57.0 Å². The number of hydrogen-bond acceptors (Lipinski definition) is 4. The lowest BCUT2D eigenvalue weighted by atomic mass is 9.74. The minimum atomic E-state index is -0.395. The summed E-state index contributed by atoms with van der Waals surface area (Å²) in [5.41, 5.74) is 0.729. The van der Waals surface area contributed by atoms with Crippen LogP contribution >= 0.6 is 12.4 Å². The van der Waals surface area contributed by atoms with Crippen LogP contribution in [0.2, 0.25) is 0 Å². The summed E-state index contributed by atoms with van der Waals surface area (Å²) in [7, 11) is 1.66. The van der Waals surface area contributed by atoms with Crippen molar-refractivity contribution in [1.82, 2.24) is 5.32 Å². The maximum Gasteiger partial charge on any atom is 0.312 e. The van der Waals surface area contributed by atoms with Crippen LogP contribution in [0.3, 0.4) is 0 Å². The molecular weight excluding hydrogens is 290 g/mol. The number of benzene rings is 1. The van der Waals surface area contributed by atoms with Crippen molar-refractivity contribution in [3.8, 4) is 5.75 Å². The minimum Gasteiger partial charge on any atom is -0.497 e. The SMILES string of the molecule is CCOC(=O)C1(Cc2cccc(OC)c2)CCNCC1.Cl. The average molecular weight is 314 g/mol. The van der Waals surface area contributed by atoms with Gasteiger partial charge in [-0.2, -0.15) is 0 Å². The topological polar surface area (TPSA) is 47.6 Å². The van der Waals surface area contributed by atoms with Gasteiger partial charge < -0.3 is 14.8 Å². The molecule has 5 heteroatoms. The van der Waals surface area contributed by atoms with Crippen molar-refractivity contribution in [2.24, 2.45) is 5.41 Å². The Labute approximate surface area is 132 Å². The first-order chi connectivity index (χ1) is 9.70. The van der Waals surface area contributed by atoms with Crippen LogP contribution in [-0.2, 0) is 16.0 Å². The summed E-state index contributed by atoms with van der Waals surface area (Å²) >= 11 is 0. The highest BCUT2D eigenvalue weighted by Crippen LogP contribution is 2.35. The number of hydrogen-bond donors (Lipinski definition) is 1. The van der Waals surface area contributed by atoms with Crippen LogP contribution in [0.5, 0.6) is 5.75 Å². The lowest BCUT2D eigenvalue weighted by Gasteiger charge is -2.35. The normalized spacial score (nSPS) is 16.7. The molecule has 1 saturated heterocycles. The van der Waals surface area contributed by atoms with E-state index in [4.69, 9.17) is 9.47 Å². The third-order valence-electron chi connectivity index (χ3n) is 3.95. The van der Waals surface area contributed by atoms with Crippen LogP contribution in [0.15, 0.2) is 24.3 Å². The monoisotopic (exact) mass is 313 g/mol. The zero-order chi connectivity index (χ0) is 14.4. The standard InChI is InChI=1S/C16H23NO3.ClH/c1-3-20-15(18)16(7-9-17-10-8-16)12-13-5-4-6-14(11-13)19-2;/h4-6,11,17H,3,7-10,12H2,1-2H3;1H. The lowest BCUT2D eigenvalue weighted by Crippen LogP contribution is -2.44. The van der Waals surface area contributed by atoms with Crippen molar-refractivity contribution >= 4 is 18.4 Å². The fraction of sp³-hybridized carbons (Fsp3) is 0.562. The number of esters is 1. The van der Waals surface area contributed by atoms with Gasteiger partial charge in [-0.3, -0.25) is 4.79 Å². The molecule has 4 nitrogen and oxygen atoms in total. The van der Waals surface area contributed by atoms with Gasteiger partial charge in [0.1, 0.15) is 5.75 Å². The van der Waals surface area contributed by atoms with Gasteiger partial charge in [0.05, 0.1) is 19.1 Å². The molecule has 0 radical (unpaired) electrons. The molecule has 1 heterocycles. The fourth-order valence-corrected chi connectivity index (χ4v) is 2.82.